The van der Waals surface area contributed by atoms with Gasteiger partial charge in [0, 0.05) is 81.8 Å². The highest BCUT2D eigenvalue weighted by atomic mass is 32.1. The average Bonchev–Trinajstić information content (AvgIpc) is 1.63. The Morgan fingerprint density at radius 1 is 0.530 bits per heavy atom. The van der Waals surface area contributed by atoms with Crippen molar-refractivity contribution in [3.63, 3.8) is 0 Å². The SMILES string of the molecule is Cc1ncsc1-c1ccc(CNC(=O)[C@@H]2C[C@@H](Oc3ccc4c(c3)C(=O)N([C@H](C(=O)N3C[C@H](O)C[C@H]3C(=O)NCc3ccc(-c5ccccc5)cc3)C(C)C)C4)CN2C(=O)[C@@H](NC(=O)CCc2ccc(O[C@@H]3C[C@@H](C(=O)NCc4ccc(-c5scnc5C)cc4)N(C(=O)[C@H](CS)N4Cc5ccccc5C4=O)C3)cc2)C(C)(C)C)cc1. The molecule has 0 aliphatic carbocycles. The van der Waals surface area contributed by atoms with Crippen molar-refractivity contribution >= 4 is 88.5 Å². The number of hydrogen-bond acceptors (Lipinski definition) is 17. The van der Waals surface area contributed by atoms with Crippen LogP contribution in [-0.4, -0.2) is 173 Å². The predicted molar refractivity (Wildman–Crippen MR) is 442 cm³/mol. The first-order valence-electron chi connectivity index (χ1n) is 39.1. The highest BCUT2D eigenvalue weighted by Gasteiger charge is 2.50. The quantitative estimate of drug-likeness (QED) is 0.0261. The van der Waals surface area contributed by atoms with Gasteiger partial charge in [-0.25, -0.2) is 9.97 Å². The van der Waals surface area contributed by atoms with E-state index in [0.717, 1.165) is 71.2 Å². The molecular weight excluding hydrogens is 1510 g/mol. The molecule has 3 fully saturated rings. The molecule has 0 bridgehead atoms. The normalized spacial score (nSPS) is 19.3. The summed E-state index contributed by atoms with van der Waals surface area (Å²) in [5, 5.41) is 23.1. The largest absolute Gasteiger partial charge is 0.488 e. The average molecular weight is 1610 g/mol. The molecule has 596 valence electrons. The van der Waals surface area contributed by atoms with E-state index in [1.807, 2.05) is 181 Å². The lowest BCUT2D eigenvalue weighted by Gasteiger charge is -2.35. The number of amides is 9. The Hall–Kier alpha value is -11.1. The summed E-state index contributed by atoms with van der Waals surface area (Å²) in [6.07, 6.45) is -1.79. The first-order valence-corrected chi connectivity index (χ1v) is 41.4. The number of hydrogen-bond donors (Lipinski definition) is 6. The number of thiazole rings is 2. The predicted octanol–water partition coefficient (Wildman–Crippen LogP) is 10.9. The van der Waals surface area contributed by atoms with Crippen molar-refractivity contribution in [1.82, 2.24) is 55.7 Å². The van der Waals surface area contributed by atoms with Crippen molar-refractivity contribution in [2.45, 2.75) is 168 Å². The first kappa shape index (κ1) is 80.5. The lowest BCUT2D eigenvalue weighted by atomic mass is 9.85. The van der Waals surface area contributed by atoms with Gasteiger partial charge in [-0.2, -0.15) is 12.6 Å². The molecule has 0 saturated carbocycles. The van der Waals surface area contributed by atoms with Crippen LogP contribution in [0.5, 0.6) is 11.5 Å². The van der Waals surface area contributed by atoms with Gasteiger partial charge in [0.2, 0.25) is 41.4 Å². The van der Waals surface area contributed by atoms with Gasteiger partial charge in [0.1, 0.15) is 60.0 Å². The Bertz CT molecular complexity index is 5090. The van der Waals surface area contributed by atoms with E-state index in [4.69, 9.17) is 9.47 Å². The lowest BCUT2D eigenvalue weighted by molar-refractivity contribution is -0.144. The number of thiol groups is 1. The van der Waals surface area contributed by atoms with Gasteiger partial charge in [-0.05, 0) is 118 Å². The summed E-state index contributed by atoms with van der Waals surface area (Å²) < 4.78 is 13.2. The Balaban J connectivity index is 0.624. The van der Waals surface area contributed by atoms with Crippen molar-refractivity contribution in [3.8, 4) is 43.5 Å². The molecule has 3 saturated heterocycles. The highest BCUT2D eigenvalue weighted by Crippen LogP contribution is 2.37. The third kappa shape index (κ3) is 18.1. The molecule has 9 amide bonds. The zero-order chi connectivity index (χ0) is 80.9. The van der Waals surface area contributed by atoms with Crippen molar-refractivity contribution in [2.75, 3.05) is 25.4 Å². The van der Waals surface area contributed by atoms with Crippen LogP contribution in [-0.2, 0) is 72.7 Å². The standard InChI is InChI=1S/C89H95N11O12S3/c1-52(2)77(87(109)97-46-65(101)37-72(97)81(103)90-41-56-17-26-60(27-18-56)59-13-9-8-10-14-59)100-45-64-32-35-67(38-71(64)85(100)107)112-69-40-74(83(105)92-43-58-21-30-62(31-22-58)79-54(4)94-51-115-79)99(48-69)88(110)80(89(5,6)7)95-76(102)36-25-55-23-33-66(34-24-55)111-68-39-73(82(104)91-42-57-19-28-61(29-20-57)78-53(3)93-50-114-78)98(47-68)86(108)75(49-113)96-44-63-15-11-12-16-70(63)84(96)106/h8-24,26-35,38,50-52,65,68-69,72-75,77,80,101,113H,25,36-37,39-49H2,1-7H3,(H,90,103)(H,91,104)(H,92,105)(H,95,102)/t65-,68-,69-,72+,73+,74+,75+,77+,80-/m1/s1. The number of nitrogens with zero attached hydrogens (tertiary/aromatic N) is 7. The molecule has 5 aliphatic heterocycles. The molecule has 0 spiro atoms. The maximum atomic E-state index is 15.4. The third-order valence-corrected chi connectivity index (χ3v) is 24.7. The molecule has 115 heavy (non-hydrogen) atoms. The van der Waals surface area contributed by atoms with Gasteiger partial charge in [0.15, 0.2) is 0 Å². The number of benzene rings is 7. The fourth-order valence-corrected chi connectivity index (χ4v) is 18.1. The summed E-state index contributed by atoms with van der Waals surface area (Å²) in [5.41, 5.74) is 14.3. The Morgan fingerprint density at radius 2 is 0.991 bits per heavy atom. The smallest absolute Gasteiger partial charge is 0.255 e. The summed E-state index contributed by atoms with van der Waals surface area (Å²) >= 11 is 7.69. The lowest BCUT2D eigenvalue weighted by Crippen LogP contribution is -2.57. The number of aromatic nitrogens is 2. The Kier molecular flexibility index (Phi) is 24.5. The summed E-state index contributed by atoms with van der Waals surface area (Å²) in [4.78, 5) is 149. The monoisotopic (exact) mass is 1610 g/mol. The third-order valence-electron chi connectivity index (χ3n) is 22.4. The van der Waals surface area contributed by atoms with E-state index < -0.39 is 107 Å². The molecule has 7 aromatic carbocycles. The number of aliphatic hydroxyl groups excluding tert-OH is 1. The van der Waals surface area contributed by atoms with Gasteiger partial charge in [-0.3, -0.25) is 43.2 Å². The van der Waals surface area contributed by atoms with E-state index in [0.29, 0.717) is 28.2 Å². The highest BCUT2D eigenvalue weighted by molar-refractivity contribution is 7.80. The number of carbonyl (C=O) groups is 9. The second-order valence-electron chi connectivity index (χ2n) is 31.7. The summed E-state index contributed by atoms with van der Waals surface area (Å²) in [5.74, 6) is -3.25. The molecule has 23 nitrogen and oxygen atoms in total. The van der Waals surface area contributed by atoms with Crippen LogP contribution in [0.25, 0.3) is 32.0 Å². The van der Waals surface area contributed by atoms with Crippen LogP contribution in [0.1, 0.15) is 126 Å². The molecule has 7 heterocycles. The summed E-state index contributed by atoms with van der Waals surface area (Å²) in [7, 11) is 0. The van der Waals surface area contributed by atoms with E-state index in [2.05, 4.69) is 43.9 Å². The Labute approximate surface area is 682 Å². The second kappa shape index (κ2) is 35.0. The van der Waals surface area contributed by atoms with Gasteiger partial charge in [0.05, 0.1) is 51.4 Å². The fourth-order valence-electron chi connectivity index (χ4n) is 16.1. The molecular formula is C89H95N11O12S3. The van der Waals surface area contributed by atoms with Crippen molar-refractivity contribution < 1.29 is 57.7 Å². The van der Waals surface area contributed by atoms with Crippen LogP contribution in [0.4, 0.5) is 0 Å². The number of rotatable bonds is 27. The van der Waals surface area contributed by atoms with Crippen LogP contribution in [0.2, 0.25) is 0 Å². The minimum atomic E-state index is -1.10. The zero-order valence-corrected chi connectivity index (χ0v) is 67.9. The number of ether oxygens (including phenoxy) is 2. The van der Waals surface area contributed by atoms with E-state index in [9.17, 15) is 43.5 Å². The molecule has 9 atom stereocenters. The number of aliphatic hydroxyl groups is 1. The van der Waals surface area contributed by atoms with E-state index in [1.165, 1.54) is 24.5 Å². The maximum Gasteiger partial charge on any atom is 0.255 e. The molecule has 26 heteroatoms. The Morgan fingerprint density at radius 3 is 1.51 bits per heavy atom. The number of likely N-dealkylation sites (tertiary alicyclic amines) is 3. The molecule has 0 radical (unpaired) electrons. The summed E-state index contributed by atoms with van der Waals surface area (Å²) in [6, 6.07) is 47.1. The number of fused-ring (bicyclic) bond motifs is 2. The van der Waals surface area contributed by atoms with Crippen molar-refractivity contribution in [3.05, 3.63) is 237 Å². The van der Waals surface area contributed by atoms with Gasteiger partial charge in [0.25, 0.3) is 11.8 Å². The van der Waals surface area contributed by atoms with Crippen LogP contribution >= 0.6 is 35.3 Å². The minimum absolute atomic E-state index is 0.00772. The number of carbonyl (C=O) groups excluding carboxylic acids is 9. The van der Waals surface area contributed by atoms with E-state index in [-0.39, 0.29) is 102 Å². The second-order valence-corrected chi connectivity index (χ2v) is 33.8. The molecule has 5 aliphatic rings. The van der Waals surface area contributed by atoms with Gasteiger partial charge in [-0.15, -0.1) is 22.7 Å². The zero-order valence-electron chi connectivity index (χ0n) is 65.3. The maximum absolute atomic E-state index is 15.4. The van der Waals surface area contributed by atoms with Gasteiger partial charge in [-0.1, -0.05) is 174 Å². The molecule has 9 aromatic rings. The van der Waals surface area contributed by atoms with Crippen LogP contribution in [0.3, 0.4) is 0 Å². The van der Waals surface area contributed by atoms with Gasteiger partial charge < -0.3 is 60.3 Å². The minimum Gasteiger partial charge on any atom is -0.488 e. The van der Waals surface area contributed by atoms with Gasteiger partial charge >= 0.3 is 0 Å². The number of nitrogens with one attached hydrogen (secondary N) is 4. The first-order chi connectivity index (χ1) is 55.3. The van der Waals surface area contributed by atoms with Crippen LogP contribution in [0.15, 0.2) is 181 Å². The fraction of sp³-hybridized carbons (Fsp3) is 0.360. The molecule has 2 aromatic heterocycles. The van der Waals surface area contributed by atoms with Crippen LogP contribution < -0.4 is 30.7 Å². The molecule has 5 N–H and O–H groups in total. The van der Waals surface area contributed by atoms with E-state index >= 15 is 4.79 Å². The van der Waals surface area contributed by atoms with Crippen LogP contribution in [0, 0.1) is 25.2 Å². The van der Waals surface area contributed by atoms with Crippen molar-refractivity contribution in [2.24, 2.45) is 11.3 Å². The van der Waals surface area contributed by atoms with E-state index in [1.54, 1.807) is 70.6 Å². The summed E-state index contributed by atoms with van der Waals surface area (Å²) in [6.45, 7) is 14.0. The molecule has 14 rings (SSSR count). The topological polar surface area (TPSA) is 282 Å². The number of aryl methyl sites for hydroxylation is 3. The molecule has 0 unspecified atom stereocenters. The number of β-amino-alcohol motifs (C(OH)–C–C–N with tert-alkyl or cyclic N) is 1. The van der Waals surface area contributed by atoms with Crippen molar-refractivity contribution in [1.29, 1.82) is 0 Å².